The molecule has 0 unspecified atom stereocenters. The lowest BCUT2D eigenvalue weighted by molar-refractivity contribution is -0.156. The van der Waals surface area contributed by atoms with E-state index in [0.29, 0.717) is 25.7 Å². The van der Waals surface area contributed by atoms with Gasteiger partial charge >= 0.3 is 0 Å². The maximum Gasteiger partial charge on any atom is 0.231 e. The summed E-state index contributed by atoms with van der Waals surface area (Å²) in [6.45, 7) is 15.7. The molecule has 5 heteroatoms. The minimum atomic E-state index is -1.36. The highest BCUT2D eigenvalue weighted by Gasteiger charge is 2.56. The predicted molar refractivity (Wildman–Crippen MR) is 106 cm³/mol. The Balaban J connectivity index is 6.57. The van der Waals surface area contributed by atoms with Crippen molar-refractivity contribution in [1.82, 2.24) is 0 Å². The lowest BCUT2D eigenvalue weighted by Gasteiger charge is -2.42. The van der Waals surface area contributed by atoms with E-state index in [1.54, 1.807) is 0 Å². The van der Waals surface area contributed by atoms with E-state index < -0.39 is 22.6 Å². The van der Waals surface area contributed by atoms with Gasteiger partial charge in [0.1, 0.15) is 10.8 Å². The second kappa shape index (κ2) is 9.52. The summed E-state index contributed by atoms with van der Waals surface area (Å²) in [6.07, 6.45) is 1.35. The van der Waals surface area contributed by atoms with E-state index in [1.807, 2.05) is 55.4 Å². The third kappa shape index (κ3) is 5.82. The van der Waals surface area contributed by atoms with Crippen LogP contribution < -0.4 is 11.5 Å². The van der Waals surface area contributed by atoms with Gasteiger partial charge in [0.2, 0.25) is 11.8 Å². The van der Waals surface area contributed by atoms with Gasteiger partial charge in [-0.2, -0.15) is 0 Å². The second-order valence-corrected chi connectivity index (χ2v) is 9.61. The third-order valence-corrected chi connectivity index (χ3v) is 4.84. The predicted octanol–water partition coefficient (Wildman–Crippen LogP) is 3.68. The number of hydrogen-bond donors (Lipinski definition) is 2. The molecule has 4 N–H and O–H groups in total. The lowest BCUT2D eigenvalue weighted by atomic mass is 9.58. The average Bonchev–Trinajstić information content (AvgIpc) is 2.42. The van der Waals surface area contributed by atoms with Gasteiger partial charge in [0.25, 0.3) is 0 Å². The van der Waals surface area contributed by atoms with Gasteiger partial charge in [-0.15, -0.1) is 0 Å². The van der Waals surface area contributed by atoms with Crippen molar-refractivity contribution in [2.45, 2.75) is 81.1 Å². The Morgan fingerprint density at radius 3 is 0.885 bits per heavy atom. The Bertz CT molecular complexity index is 443. The van der Waals surface area contributed by atoms with Gasteiger partial charge in [-0.25, -0.2) is 0 Å². The van der Waals surface area contributed by atoms with Crippen LogP contribution in [0.15, 0.2) is 0 Å². The average molecular weight is 369 g/mol. The van der Waals surface area contributed by atoms with Gasteiger partial charge in [0.15, 0.2) is 5.78 Å². The fourth-order valence-corrected chi connectivity index (χ4v) is 4.41. The number of nitrogens with two attached hydrogens (primary N) is 2. The van der Waals surface area contributed by atoms with Crippen LogP contribution in [0.5, 0.6) is 0 Å². The topological polar surface area (TPSA) is 103 Å². The van der Waals surface area contributed by atoms with Crippen LogP contribution in [0.3, 0.4) is 0 Å². The smallest absolute Gasteiger partial charge is 0.231 e. The molecule has 0 aromatic rings. The van der Waals surface area contributed by atoms with Crippen molar-refractivity contribution in [3.8, 4) is 0 Å². The van der Waals surface area contributed by atoms with Gasteiger partial charge in [0, 0.05) is 0 Å². The van der Waals surface area contributed by atoms with Crippen LogP contribution in [0.25, 0.3) is 0 Å². The van der Waals surface area contributed by atoms with Crippen molar-refractivity contribution >= 4 is 17.6 Å². The molecule has 0 heterocycles. The van der Waals surface area contributed by atoms with E-state index in [9.17, 15) is 14.4 Å². The fraction of sp³-hybridized carbons (Fsp3) is 0.857. The Morgan fingerprint density at radius 2 is 0.769 bits per heavy atom. The quantitative estimate of drug-likeness (QED) is 0.513. The monoisotopic (exact) mass is 368 g/mol. The van der Waals surface area contributed by atoms with Crippen LogP contribution in [0.4, 0.5) is 0 Å². The number of rotatable bonds is 12. The first-order valence-corrected chi connectivity index (χ1v) is 9.86. The Labute approximate surface area is 159 Å². The molecule has 0 radical (unpaired) electrons. The standard InChI is InChI=1S/C21H40N2O3/c1-13(2)9-20(18(22)25,10-14(3)4)17(24)21(19(23)26,11-15(5)6)12-16(7)8/h13-16H,9-12H2,1-8H3,(H2,22,25)(H2,23,26). The van der Waals surface area contributed by atoms with Crippen LogP contribution in [-0.2, 0) is 14.4 Å². The Morgan fingerprint density at radius 1 is 0.577 bits per heavy atom. The number of carbonyl (C=O) groups excluding carboxylic acids is 3. The summed E-state index contributed by atoms with van der Waals surface area (Å²) in [5.41, 5.74) is 8.91. The molecule has 0 aromatic carbocycles. The lowest BCUT2D eigenvalue weighted by Crippen LogP contribution is -2.57. The largest absolute Gasteiger partial charge is 0.369 e. The van der Waals surface area contributed by atoms with E-state index in [2.05, 4.69) is 0 Å². The molecular weight excluding hydrogens is 328 g/mol. The first-order chi connectivity index (χ1) is 11.7. The van der Waals surface area contributed by atoms with Gasteiger partial charge in [-0.05, 0) is 49.4 Å². The molecule has 0 aliphatic carbocycles. The molecule has 26 heavy (non-hydrogen) atoms. The first-order valence-electron chi connectivity index (χ1n) is 9.86. The van der Waals surface area contributed by atoms with E-state index in [1.165, 1.54) is 0 Å². The van der Waals surface area contributed by atoms with E-state index in [-0.39, 0.29) is 29.5 Å². The van der Waals surface area contributed by atoms with Gasteiger partial charge < -0.3 is 11.5 Å². The zero-order chi connectivity index (χ0) is 20.9. The summed E-state index contributed by atoms with van der Waals surface area (Å²) in [4.78, 5) is 39.2. The number of ketones is 1. The second-order valence-electron chi connectivity index (χ2n) is 9.61. The van der Waals surface area contributed by atoms with Crippen LogP contribution in [0.2, 0.25) is 0 Å². The number of amides is 2. The van der Waals surface area contributed by atoms with E-state index in [0.717, 1.165) is 0 Å². The van der Waals surface area contributed by atoms with Crippen molar-refractivity contribution in [3.63, 3.8) is 0 Å². The normalized spacial score (nSPS) is 13.1. The van der Waals surface area contributed by atoms with Crippen molar-refractivity contribution in [3.05, 3.63) is 0 Å². The summed E-state index contributed by atoms with van der Waals surface area (Å²) in [5.74, 6) is -1.27. The van der Waals surface area contributed by atoms with Crippen molar-refractivity contribution < 1.29 is 14.4 Å². The maximum absolute atomic E-state index is 13.9. The van der Waals surface area contributed by atoms with Gasteiger partial charge in [-0.1, -0.05) is 55.4 Å². The highest BCUT2D eigenvalue weighted by atomic mass is 16.2. The van der Waals surface area contributed by atoms with Gasteiger partial charge in [0.05, 0.1) is 0 Å². The molecule has 0 atom stereocenters. The zero-order valence-electron chi connectivity index (χ0n) is 18.0. The van der Waals surface area contributed by atoms with E-state index in [4.69, 9.17) is 11.5 Å². The molecule has 0 fully saturated rings. The van der Waals surface area contributed by atoms with Crippen LogP contribution in [-0.4, -0.2) is 17.6 Å². The summed E-state index contributed by atoms with van der Waals surface area (Å²) in [7, 11) is 0. The fourth-order valence-electron chi connectivity index (χ4n) is 4.41. The third-order valence-electron chi connectivity index (χ3n) is 4.84. The highest BCUT2D eigenvalue weighted by Crippen LogP contribution is 2.46. The molecule has 152 valence electrons. The van der Waals surface area contributed by atoms with Crippen LogP contribution >= 0.6 is 0 Å². The van der Waals surface area contributed by atoms with Gasteiger partial charge in [-0.3, -0.25) is 14.4 Å². The first kappa shape index (κ1) is 24.6. The van der Waals surface area contributed by atoms with Crippen molar-refractivity contribution in [2.24, 2.45) is 46.0 Å². The summed E-state index contributed by atoms with van der Waals surface area (Å²) < 4.78 is 0. The number of primary amides is 2. The van der Waals surface area contributed by atoms with E-state index >= 15 is 0 Å². The molecule has 0 aliphatic heterocycles. The molecule has 5 nitrogen and oxygen atoms in total. The van der Waals surface area contributed by atoms with Crippen molar-refractivity contribution in [1.29, 1.82) is 0 Å². The molecule has 2 amide bonds. The molecule has 0 aromatic heterocycles. The number of Topliss-reactive ketones (excluding diaryl/α,β-unsaturated/α-hetero) is 1. The molecule has 0 spiro atoms. The summed E-state index contributed by atoms with van der Waals surface area (Å²) in [5, 5.41) is 0. The molecule has 0 rings (SSSR count). The highest BCUT2D eigenvalue weighted by molar-refractivity contribution is 6.16. The zero-order valence-corrected chi connectivity index (χ0v) is 18.0. The number of carbonyl (C=O) groups is 3. The van der Waals surface area contributed by atoms with Crippen molar-refractivity contribution in [2.75, 3.05) is 0 Å². The molecule has 0 bridgehead atoms. The molecule has 0 saturated heterocycles. The Kier molecular flexibility index (Phi) is 9.01. The summed E-state index contributed by atoms with van der Waals surface area (Å²) >= 11 is 0. The van der Waals surface area contributed by atoms with Crippen LogP contribution in [0.1, 0.15) is 81.1 Å². The summed E-state index contributed by atoms with van der Waals surface area (Å²) in [6, 6.07) is 0. The SMILES string of the molecule is CC(C)CC(CC(C)C)(C(N)=O)C(=O)C(CC(C)C)(CC(C)C)C(N)=O. The number of hydrogen-bond acceptors (Lipinski definition) is 3. The minimum absolute atomic E-state index is 0.0916. The molecule has 0 aliphatic rings. The Hall–Kier alpha value is -1.39. The molecule has 0 saturated carbocycles. The maximum atomic E-state index is 13.9. The molecular formula is C21H40N2O3. The minimum Gasteiger partial charge on any atom is -0.369 e. The van der Waals surface area contributed by atoms with Crippen LogP contribution in [0, 0.1) is 34.5 Å².